The zero-order valence-electron chi connectivity index (χ0n) is 7.29. The van der Waals surface area contributed by atoms with E-state index in [1.165, 1.54) is 19.3 Å². The Morgan fingerprint density at radius 2 is 2.33 bits per heavy atom. The van der Waals surface area contributed by atoms with E-state index in [4.69, 9.17) is 10.4 Å². The van der Waals surface area contributed by atoms with E-state index in [0.717, 1.165) is 12.3 Å². The van der Waals surface area contributed by atoms with Crippen LogP contribution in [0.25, 0.3) is 0 Å². The highest BCUT2D eigenvalue weighted by Crippen LogP contribution is 2.57. The maximum Gasteiger partial charge on any atom is 0.0693 e. The monoisotopic (exact) mass is 165 g/mol. The predicted molar refractivity (Wildman–Crippen MR) is 45.2 cm³/mol. The standard InChI is InChI=1S/C10H15NO/c11-7-10(3-4-12)6-8-1-2-9(10)5-8/h8-9,12H,1-6H2. The van der Waals surface area contributed by atoms with E-state index >= 15 is 0 Å². The molecule has 0 aromatic rings. The molecule has 2 fully saturated rings. The lowest BCUT2D eigenvalue weighted by molar-refractivity contribution is 0.165. The Hall–Kier alpha value is -0.550. The minimum atomic E-state index is -0.141. The number of fused-ring (bicyclic) bond motifs is 2. The highest BCUT2D eigenvalue weighted by molar-refractivity contribution is 5.11. The van der Waals surface area contributed by atoms with Crippen LogP contribution in [0.1, 0.15) is 32.1 Å². The van der Waals surface area contributed by atoms with Gasteiger partial charge in [-0.05, 0) is 37.5 Å². The van der Waals surface area contributed by atoms with Crippen molar-refractivity contribution >= 4 is 0 Å². The summed E-state index contributed by atoms with van der Waals surface area (Å²) in [5.41, 5.74) is -0.141. The van der Waals surface area contributed by atoms with Crippen LogP contribution in [0.4, 0.5) is 0 Å². The lowest BCUT2D eigenvalue weighted by Gasteiger charge is -2.30. The largest absolute Gasteiger partial charge is 0.396 e. The van der Waals surface area contributed by atoms with Gasteiger partial charge in [-0.2, -0.15) is 5.26 Å². The number of hydrogen-bond donors (Lipinski definition) is 1. The topological polar surface area (TPSA) is 44.0 Å². The van der Waals surface area contributed by atoms with Gasteiger partial charge in [-0.15, -0.1) is 0 Å². The molecular weight excluding hydrogens is 150 g/mol. The summed E-state index contributed by atoms with van der Waals surface area (Å²) < 4.78 is 0. The third-order valence-corrected chi connectivity index (χ3v) is 3.76. The lowest BCUT2D eigenvalue weighted by atomic mass is 9.72. The Bertz CT molecular complexity index is 220. The molecule has 0 aromatic heterocycles. The minimum Gasteiger partial charge on any atom is -0.396 e. The Morgan fingerprint density at radius 1 is 1.50 bits per heavy atom. The quantitative estimate of drug-likeness (QED) is 0.676. The maximum absolute atomic E-state index is 9.11. The van der Waals surface area contributed by atoms with Crippen LogP contribution < -0.4 is 0 Å². The second-order valence-electron chi connectivity index (χ2n) is 4.32. The van der Waals surface area contributed by atoms with Crippen molar-refractivity contribution in [3.8, 4) is 6.07 Å². The fourth-order valence-corrected chi connectivity index (χ4v) is 3.14. The van der Waals surface area contributed by atoms with Gasteiger partial charge in [0.2, 0.25) is 0 Å². The SMILES string of the molecule is N#CC1(CCO)CC2CCC1C2. The summed E-state index contributed by atoms with van der Waals surface area (Å²) in [6.07, 6.45) is 5.53. The van der Waals surface area contributed by atoms with Crippen LogP contribution in [0, 0.1) is 28.6 Å². The van der Waals surface area contributed by atoms with Crippen LogP contribution in [0.2, 0.25) is 0 Å². The molecule has 0 radical (unpaired) electrons. The Morgan fingerprint density at radius 3 is 2.75 bits per heavy atom. The summed E-state index contributed by atoms with van der Waals surface area (Å²) in [5.74, 6) is 1.39. The summed E-state index contributed by atoms with van der Waals surface area (Å²) in [4.78, 5) is 0. The fourth-order valence-electron chi connectivity index (χ4n) is 3.14. The predicted octanol–water partition coefficient (Wildman–Crippen LogP) is 1.70. The first kappa shape index (κ1) is 8.07. The first-order chi connectivity index (χ1) is 5.80. The first-order valence-electron chi connectivity index (χ1n) is 4.83. The molecule has 0 aliphatic heterocycles. The van der Waals surface area contributed by atoms with Gasteiger partial charge in [-0.25, -0.2) is 0 Å². The van der Waals surface area contributed by atoms with E-state index in [0.29, 0.717) is 12.3 Å². The van der Waals surface area contributed by atoms with Crippen molar-refractivity contribution in [2.45, 2.75) is 32.1 Å². The molecule has 0 heterocycles. The van der Waals surface area contributed by atoms with Crippen molar-refractivity contribution in [1.82, 2.24) is 0 Å². The molecule has 66 valence electrons. The first-order valence-corrected chi connectivity index (χ1v) is 4.83. The zero-order valence-corrected chi connectivity index (χ0v) is 7.29. The second-order valence-corrected chi connectivity index (χ2v) is 4.32. The highest BCUT2D eigenvalue weighted by atomic mass is 16.3. The number of nitrogens with zero attached hydrogens (tertiary/aromatic N) is 1. The Labute approximate surface area is 73.2 Å². The normalized spacial score (nSPS) is 44.7. The van der Waals surface area contributed by atoms with Gasteiger partial charge < -0.3 is 5.11 Å². The Balaban J connectivity index is 2.15. The molecule has 1 N–H and O–H groups in total. The number of aliphatic hydroxyl groups excluding tert-OH is 1. The summed E-state index contributed by atoms with van der Waals surface area (Å²) in [5, 5.41) is 18.0. The molecule has 2 bridgehead atoms. The van der Waals surface area contributed by atoms with Crippen molar-refractivity contribution in [2.24, 2.45) is 17.3 Å². The molecule has 2 nitrogen and oxygen atoms in total. The van der Waals surface area contributed by atoms with Crippen molar-refractivity contribution in [1.29, 1.82) is 5.26 Å². The van der Waals surface area contributed by atoms with Gasteiger partial charge in [-0.3, -0.25) is 0 Å². The lowest BCUT2D eigenvalue weighted by Crippen LogP contribution is -2.27. The number of rotatable bonds is 2. The fraction of sp³-hybridized carbons (Fsp3) is 0.900. The molecule has 2 saturated carbocycles. The molecule has 3 unspecified atom stereocenters. The highest BCUT2D eigenvalue weighted by Gasteiger charge is 2.50. The molecular formula is C10H15NO. The van der Waals surface area contributed by atoms with Crippen LogP contribution in [0.5, 0.6) is 0 Å². The number of aliphatic hydroxyl groups is 1. The average molecular weight is 165 g/mol. The molecule has 0 aromatic carbocycles. The van der Waals surface area contributed by atoms with Gasteiger partial charge >= 0.3 is 0 Å². The smallest absolute Gasteiger partial charge is 0.0693 e. The molecule has 0 amide bonds. The van der Waals surface area contributed by atoms with Gasteiger partial charge in [0.15, 0.2) is 0 Å². The molecule has 2 aliphatic rings. The molecule has 2 aliphatic carbocycles. The molecule has 0 saturated heterocycles. The molecule has 0 spiro atoms. The third-order valence-electron chi connectivity index (χ3n) is 3.76. The van der Waals surface area contributed by atoms with Gasteiger partial charge in [0.05, 0.1) is 11.5 Å². The molecule has 12 heavy (non-hydrogen) atoms. The molecule has 3 atom stereocenters. The van der Waals surface area contributed by atoms with E-state index in [1.807, 2.05) is 0 Å². The summed E-state index contributed by atoms with van der Waals surface area (Å²) in [6.45, 7) is 0.177. The van der Waals surface area contributed by atoms with Crippen LogP contribution >= 0.6 is 0 Å². The van der Waals surface area contributed by atoms with Crippen LogP contribution in [0.15, 0.2) is 0 Å². The third kappa shape index (κ3) is 0.964. The van der Waals surface area contributed by atoms with Crippen LogP contribution in [-0.2, 0) is 0 Å². The van der Waals surface area contributed by atoms with E-state index in [2.05, 4.69) is 6.07 Å². The summed E-state index contributed by atoms with van der Waals surface area (Å²) in [6, 6.07) is 2.45. The van der Waals surface area contributed by atoms with E-state index in [1.54, 1.807) is 0 Å². The number of hydrogen-bond acceptors (Lipinski definition) is 2. The Kier molecular flexibility index (Phi) is 1.84. The molecule has 2 heteroatoms. The van der Waals surface area contributed by atoms with Crippen molar-refractivity contribution in [3.63, 3.8) is 0 Å². The van der Waals surface area contributed by atoms with Gasteiger partial charge in [0.25, 0.3) is 0 Å². The molecule has 2 rings (SSSR count). The maximum atomic E-state index is 9.11. The van der Waals surface area contributed by atoms with E-state index < -0.39 is 0 Å². The van der Waals surface area contributed by atoms with Crippen molar-refractivity contribution < 1.29 is 5.11 Å². The van der Waals surface area contributed by atoms with E-state index in [-0.39, 0.29) is 12.0 Å². The van der Waals surface area contributed by atoms with Crippen molar-refractivity contribution in [2.75, 3.05) is 6.61 Å². The van der Waals surface area contributed by atoms with Gasteiger partial charge in [0, 0.05) is 6.61 Å². The number of nitriles is 1. The zero-order chi connectivity index (χ0) is 8.60. The van der Waals surface area contributed by atoms with Crippen LogP contribution in [-0.4, -0.2) is 11.7 Å². The summed E-state index contributed by atoms with van der Waals surface area (Å²) in [7, 11) is 0. The van der Waals surface area contributed by atoms with E-state index in [9.17, 15) is 0 Å². The second kappa shape index (κ2) is 2.74. The van der Waals surface area contributed by atoms with Gasteiger partial charge in [-0.1, -0.05) is 6.42 Å². The minimum absolute atomic E-state index is 0.141. The van der Waals surface area contributed by atoms with Crippen LogP contribution in [0.3, 0.4) is 0 Å². The average Bonchev–Trinajstić information content (AvgIpc) is 2.64. The van der Waals surface area contributed by atoms with Crippen molar-refractivity contribution in [3.05, 3.63) is 0 Å². The van der Waals surface area contributed by atoms with Gasteiger partial charge in [0.1, 0.15) is 0 Å². The summed E-state index contributed by atoms with van der Waals surface area (Å²) >= 11 is 0.